The van der Waals surface area contributed by atoms with E-state index in [4.69, 9.17) is 19.9 Å². The van der Waals surface area contributed by atoms with Gasteiger partial charge in [0.1, 0.15) is 11.9 Å². The van der Waals surface area contributed by atoms with Gasteiger partial charge in [-0.2, -0.15) is 0 Å². The lowest BCUT2D eigenvalue weighted by Gasteiger charge is -2.38. The third kappa shape index (κ3) is 4.37. The van der Waals surface area contributed by atoms with E-state index in [9.17, 15) is 4.79 Å². The molecule has 6 heteroatoms. The van der Waals surface area contributed by atoms with Gasteiger partial charge in [0, 0.05) is 31.7 Å². The molecule has 3 N–H and O–H groups in total. The van der Waals surface area contributed by atoms with Gasteiger partial charge in [0.05, 0.1) is 12.7 Å². The van der Waals surface area contributed by atoms with Crippen LogP contribution in [-0.2, 0) is 19.7 Å². The first-order chi connectivity index (χ1) is 12.7. The molecule has 0 bridgehead atoms. The van der Waals surface area contributed by atoms with E-state index >= 15 is 0 Å². The summed E-state index contributed by atoms with van der Waals surface area (Å²) in [5.74, 6) is 0.840. The van der Waals surface area contributed by atoms with Crippen molar-refractivity contribution in [3.63, 3.8) is 0 Å². The molecule has 0 radical (unpaired) electrons. The molecule has 2 heterocycles. The van der Waals surface area contributed by atoms with E-state index in [-0.39, 0.29) is 23.5 Å². The summed E-state index contributed by atoms with van der Waals surface area (Å²) < 4.78 is 16.8. The number of rotatable bonds is 7. The number of hydrogen-bond donors (Lipinski definition) is 2. The van der Waals surface area contributed by atoms with Crippen molar-refractivity contribution in [3.8, 4) is 5.75 Å². The molecule has 0 spiro atoms. The molecule has 2 aliphatic rings. The van der Waals surface area contributed by atoms with E-state index in [1.165, 1.54) is 5.56 Å². The van der Waals surface area contributed by atoms with Crippen molar-refractivity contribution < 1.29 is 19.0 Å². The number of nitrogens with two attached hydrogens (primary N) is 1. The molecule has 2 fully saturated rings. The van der Waals surface area contributed by atoms with Gasteiger partial charge in [0.2, 0.25) is 5.91 Å². The van der Waals surface area contributed by atoms with E-state index < -0.39 is 0 Å². The molecule has 1 amide bonds. The number of amides is 1. The maximum atomic E-state index is 12.5. The van der Waals surface area contributed by atoms with Crippen molar-refractivity contribution in [3.05, 3.63) is 29.8 Å². The van der Waals surface area contributed by atoms with Gasteiger partial charge in [0.25, 0.3) is 0 Å². The predicted molar refractivity (Wildman–Crippen MR) is 99.3 cm³/mol. The molecular formula is C20H30N2O4. The largest absolute Gasteiger partial charge is 0.494 e. The van der Waals surface area contributed by atoms with Crippen LogP contribution in [0, 0.1) is 0 Å². The second-order valence-electron chi connectivity index (χ2n) is 7.13. The molecule has 0 saturated carbocycles. The first-order valence-corrected chi connectivity index (χ1v) is 9.61. The molecule has 2 aliphatic heterocycles. The van der Waals surface area contributed by atoms with Gasteiger partial charge < -0.3 is 25.3 Å². The van der Waals surface area contributed by atoms with Gasteiger partial charge in [-0.25, -0.2) is 0 Å². The Morgan fingerprint density at radius 2 is 2.00 bits per heavy atom. The summed E-state index contributed by atoms with van der Waals surface area (Å²) in [5, 5.41) is 3.13. The summed E-state index contributed by atoms with van der Waals surface area (Å²) in [6, 6.07) is 8.23. The Bertz CT molecular complexity index is 584. The molecule has 6 nitrogen and oxygen atoms in total. The van der Waals surface area contributed by atoms with Crippen LogP contribution in [-0.4, -0.2) is 51.0 Å². The second kappa shape index (κ2) is 8.84. The third-order valence-electron chi connectivity index (χ3n) is 5.49. The van der Waals surface area contributed by atoms with Crippen molar-refractivity contribution in [1.82, 2.24) is 5.32 Å². The SMILES string of the molecule is CCOc1ccc(C2(CNC(=O)[C@@H]3CC[C@H](CN)O3)CCOCC2)cc1. The first kappa shape index (κ1) is 19.1. The van der Waals surface area contributed by atoms with Crippen LogP contribution < -0.4 is 15.8 Å². The minimum atomic E-state index is -0.374. The number of benzene rings is 1. The van der Waals surface area contributed by atoms with Crippen LogP contribution in [0.5, 0.6) is 5.75 Å². The van der Waals surface area contributed by atoms with Crippen molar-refractivity contribution >= 4 is 5.91 Å². The van der Waals surface area contributed by atoms with Crippen LogP contribution in [0.25, 0.3) is 0 Å². The van der Waals surface area contributed by atoms with Crippen molar-refractivity contribution in [2.24, 2.45) is 5.73 Å². The smallest absolute Gasteiger partial charge is 0.249 e. The fourth-order valence-electron chi connectivity index (χ4n) is 3.84. The third-order valence-corrected chi connectivity index (χ3v) is 5.49. The van der Waals surface area contributed by atoms with Crippen LogP contribution in [0.4, 0.5) is 0 Å². The number of nitrogens with one attached hydrogen (secondary N) is 1. The zero-order valence-electron chi connectivity index (χ0n) is 15.5. The summed E-state index contributed by atoms with van der Waals surface area (Å²) in [4.78, 5) is 12.5. The monoisotopic (exact) mass is 362 g/mol. The van der Waals surface area contributed by atoms with Crippen molar-refractivity contribution in [2.45, 2.75) is 50.2 Å². The number of ether oxygens (including phenoxy) is 3. The molecule has 144 valence electrons. The fraction of sp³-hybridized carbons (Fsp3) is 0.650. The van der Waals surface area contributed by atoms with E-state index in [1.54, 1.807) is 0 Å². The quantitative estimate of drug-likeness (QED) is 0.772. The molecule has 0 unspecified atom stereocenters. The fourth-order valence-corrected chi connectivity index (χ4v) is 3.84. The Hall–Kier alpha value is -1.63. The zero-order valence-corrected chi connectivity index (χ0v) is 15.5. The maximum absolute atomic E-state index is 12.5. The van der Waals surface area contributed by atoms with Gasteiger partial charge in [-0.05, 0) is 50.3 Å². The van der Waals surface area contributed by atoms with Crippen LogP contribution >= 0.6 is 0 Å². The Kier molecular flexibility index (Phi) is 6.51. The summed E-state index contributed by atoms with van der Waals surface area (Å²) in [7, 11) is 0. The van der Waals surface area contributed by atoms with Crippen LogP contribution in [0.2, 0.25) is 0 Å². The van der Waals surface area contributed by atoms with E-state index in [0.717, 1.165) is 31.4 Å². The van der Waals surface area contributed by atoms with Crippen LogP contribution in [0.1, 0.15) is 38.2 Å². The van der Waals surface area contributed by atoms with Gasteiger partial charge in [0.15, 0.2) is 0 Å². The number of carbonyl (C=O) groups excluding carboxylic acids is 1. The van der Waals surface area contributed by atoms with Crippen LogP contribution in [0.3, 0.4) is 0 Å². The standard InChI is InChI=1S/C20H30N2O4/c1-2-25-16-5-3-15(4-6-16)20(9-11-24-12-10-20)14-22-19(23)18-8-7-17(13-21)26-18/h3-6,17-18H,2,7-14,21H2,1H3,(H,22,23)/t17-,18+/m1/s1. The average Bonchev–Trinajstić information content (AvgIpc) is 3.17. The summed E-state index contributed by atoms with van der Waals surface area (Å²) in [6.45, 7) is 5.10. The summed E-state index contributed by atoms with van der Waals surface area (Å²) in [6.07, 6.45) is 3.00. The Labute approximate surface area is 155 Å². The lowest BCUT2D eigenvalue weighted by molar-refractivity contribution is -0.132. The van der Waals surface area contributed by atoms with Gasteiger partial charge in [-0.1, -0.05) is 12.1 Å². The van der Waals surface area contributed by atoms with Crippen molar-refractivity contribution in [1.29, 1.82) is 0 Å². The van der Waals surface area contributed by atoms with E-state index in [1.807, 2.05) is 19.1 Å². The van der Waals surface area contributed by atoms with E-state index in [0.29, 0.717) is 32.9 Å². The molecule has 2 saturated heterocycles. The van der Waals surface area contributed by atoms with Gasteiger partial charge in [-0.3, -0.25) is 4.79 Å². The minimum absolute atomic E-state index is 0.00824. The molecule has 26 heavy (non-hydrogen) atoms. The predicted octanol–water partition coefficient (Wildman–Crippen LogP) is 1.76. The van der Waals surface area contributed by atoms with E-state index in [2.05, 4.69) is 17.4 Å². The number of hydrogen-bond acceptors (Lipinski definition) is 5. The molecule has 3 rings (SSSR count). The first-order valence-electron chi connectivity index (χ1n) is 9.61. The minimum Gasteiger partial charge on any atom is -0.494 e. The lowest BCUT2D eigenvalue weighted by Crippen LogP contribution is -2.47. The van der Waals surface area contributed by atoms with Gasteiger partial charge >= 0.3 is 0 Å². The highest BCUT2D eigenvalue weighted by Gasteiger charge is 2.36. The average molecular weight is 362 g/mol. The number of carbonyl (C=O) groups is 1. The molecular weight excluding hydrogens is 332 g/mol. The summed E-state index contributed by atoms with van der Waals surface area (Å²) in [5.41, 5.74) is 6.75. The Morgan fingerprint density at radius 3 is 2.62 bits per heavy atom. The molecule has 2 atom stereocenters. The Morgan fingerprint density at radius 1 is 1.27 bits per heavy atom. The Balaban J connectivity index is 1.66. The van der Waals surface area contributed by atoms with Crippen molar-refractivity contribution in [2.75, 3.05) is 32.9 Å². The molecule has 0 aromatic heterocycles. The molecule has 1 aromatic rings. The highest BCUT2D eigenvalue weighted by Crippen LogP contribution is 2.35. The normalized spacial score (nSPS) is 25.0. The topological polar surface area (TPSA) is 82.8 Å². The summed E-state index contributed by atoms with van der Waals surface area (Å²) >= 11 is 0. The van der Waals surface area contributed by atoms with Gasteiger partial charge in [-0.15, -0.1) is 0 Å². The maximum Gasteiger partial charge on any atom is 0.249 e. The zero-order chi connectivity index (χ0) is 18.4. The molecule has 0 aliphatic carbocycles. The highest BCUT2D eigenvalue weighted by molar-refractivity contribution is 5.81. The lowest BCUT2D eigenvalue weighted by atomic mass is 9.74. The highest BCUT2D eigenvalue weighted by atomic mass is 16.5. The second-order valence-corrected chi connectivity index (χ2v) is 7.13. The van der Waals surface area contributed by atoms with Crippen LogP contribution in [0.15, 0.2) is 24.3 Å². The molecule has 1 aromatic carbocycles.